The van der Waals surface area contributed by atoms with Crippen molar-refractivity contribution in [1.29, 1.82) is 0 Å². The number of nitrogens with one attached hydrogen (secondary N) is 2. The van der Waals surface area contributed by atoms with Crippen LogP contribution in [0.25, 0.3) is 0 Å². The van der Waals surface area contributed by atoms with E-state index in [9.17, 15) is 37.5 Å². The standard InChI is InChI=1S/C25H35F3N6O6/c1-24(2,3)40-23(39)33-18(14-7-4-8-15(13-14)25(26,27)28)20(36)34-12-6-10-17(34)19(35)32-16(21(37)38)9-5-11-31-22(29)30/h4,7-8,13,16-18H,5-6,9-12H2,1-3H3,(H,32,35)(H,33,39)(H,37,38)(H4,29,30,31)/t16-,17-,18+/m0/s1. The van der Waals surface area contributed by atoms with Gasteiger partial charge in [-0.1, -0.05) is 12.1 Å². The molecule has 2 rings (SSSR count). The molecule has 0 radical (unpaired) electrons. The first-order valence-corrected chi connectivity index (χ1v) is 12.6. The van der Waals surface area contributed by atoms with Gasteiger partial charge in [-0.25, -0.2) is 9.59 Å². The van der Waals surface area contributed by atoms with Gasteiger partial charge in [-0.05, 0) is 64.2 Å². The molecule has 1 saturated heterocycles. The van der Waals surface area contributed by atoms with E-state index in [4.69, 9.17) is 16.2 Å². The lowest BCUT2D eigenvalue weighted by Crippen LogP contribution is -2.53. The fourth-order valence-corrected chi connectivity index (χ4v) is 4.11. The van der Waals surface area contributed by atoms with E-state index in [1.165, 1.54) is 6.07 Å². The predicted octanol–water partition coefficient (Wildman–Crippen LogP) is 1.89. The van der Waals surface area contributed by atoms with Crippen molar-refractivity contribution >= 4 is 29.8 Å². The van der Waals surface area contributed by atoms with Gasteiger partial charge in [-0.15, -0.1) is 0 Å². The number of alkyl carbamates (subject to hydrolysis) is 1. The Morgan fingerprint density at radius 1 is 1.18 bits per heavy atom. The van der Waals surface area contributed by atoms with Crippen molar-refractivity contribution in [1.82, 2.24) is 15.5 Å². The highest BCUT2D eigenvalue weighted by molar-refractivity contribution is 5.94. The highest BCUT2D eigenvalue weighted by Crippen LogP contribution is 2.32. The highest BCUT2D eigenvalue weighted by Gasteiger charge is 2.40. The number of nitrogens with zero attached hydrogens (tertiary/aromatic N) is 2. The molecule has 1 aliphatic heterocycles. The molecule has 15 heteroatoms. The summed E-state index contributed by atoms with van der Waals surface area (Å²) in [4.78, 5) is 55.9. The van der Waals surface area contributed by atoms with Crippen LogP contribution in [0.4, 0.5) is 18.0 Å². The maximum absolute atomic E-state index is 13.7. The Morgan fingerprint density at radius 2 is 1.85 bits per heavy atom. The average Bonchev–Trinajstić information content (AvgIpc) is 3.32. The number of amides is 3. The fraction of sp³-hybridized carbons (Fsp3) is 0.560. The molecule has 1 aliphatic rings. The van der Waals surface area contributed by atoms with Crippen LogP contribution in [0.2, 0.25) is 0 Å². The van der Waals surface area contributed by atoms with Crippen molar-refractivity contribution in [3.63, 3.8) is 0 Å². The number of rotatable bonds is 10. The van der Waals surface area contributed by atoms with Crippen LogP contribution in [0, 0.1) is 0 Å². The van der Waals surface area contributed by atoms with Gasteiger partial charge in [0.25, 0.3) is 5.91 Å². The highest BCUT2D eigenvalue weighted by atomic mass is 19.4. The second kappa shape index (κ2) is 13.3. The van der Waals surface area contributed by atoms with Crippen molar-refractivity contribution in [3.8, 4) is 0 Å². The van der Waals surface area contributed by atoms with Crippen LogP contribution in [0.5, 0.6) is 0 Å². The molecule has 7 N–H and O–H groups in total. The quantitative estimate of drug-likeness (QED) is 0.160. The Hall–Kier alpha value is -4.04. The molecule has 1 heterocycles. The Bertz CT molecular complexity index is 1120. The zero-order valence-electron chi connectivity index (χ0n) is 22.5. The Balaban J connectivity index is 2.30. The summed E-state index contributed by atoms with van der Waals surface area (Å²) in [5.74, 6) is -3.06. The minimum atomic E-state index is -4.71. The lowest BCUT2D eigenvalue weighted by atomic mass is 10.0. The van der Waals surface area contributed by atoms with E-state index in [1.54, 1.807) is 20.8 Å². The molecule has 1 fully saturated rings. The maximum atomic E-state index is 13.7. The first kappa shape index (κ1) is 32.2. The molecule has 0 unspecified atom stereocenters. The number of likely N-dealkylation sites (tertiary alicyclic amines) is 1. The first-order valence-electron chi connectivity index (χ1n) is 12.6. The van der Waals surface area contributed by atoms with E-state index >= 15 is 0 Å². The van der Waals surface area contributed by atoms with Crippen LogP contribution >= 0.6 is 0 Å². The topological polar surface area (TPSA) is 189 Å². The van der Waals surface area contributed by atoms with Gasteiger partial charge in [0, 0.05) is 13.1 Å². The number of guanidine groups is 1. The number of hydrogen-bond donors (Lipinski definition) is 5. The number of carboxylic acid groups (broad SMARTS) is 1. The number of aliphatic carboxylic acids is 1. The van der Waals surface area contributed by atoms with Gasteiger partial charge in [-0.3, -0.25) is 14.6 Å². The van der Waals surface area contributed by atoms with Crippen molar-refractivity contribution in [2.24, 2.45) is 16.5 Å². The van der Waals surface area contributed by atoms with Crippen LogP contribution in [-0.2, 0) is 25.3 Å². The molecule has 12 nitrogen and oxygen atoms in total. The minimum absolute atomic E-state index is 0.00553. The van der Waals surface area contributed by atoms with Crippen LogP contribution < -0.4 is 22.1 Å². The summed E-state index contributed by atoms with van der Waals surface area (Å²) in [7, 11) is 0. The number of ether oxygens (including phenoxy) is 1. The zero-order chi connectivity index (χ0) is 30.3. The van der Waals surface area contributed by atoms with E-state index in [0.29, 0.717) is 6.42 Å². The molecule has 1 aromatic rings. The molecule has 40 heavy (non-hydrogen) atoms. The van der Waals surface area contributed by atoms with Crippen LogP contribution in [0.1, 0.15) is 63.6 Å². The lowest BCUT2D eigenvalue weighted by molar-refractivity contribution is -0.144. The zero-order valence-corrected chi connectivity index (χ0v) is 22.5. The van der Waals surface area contributed by atoms with E-state index in [2.05, 4.69) is 15.6 Å². The summed E-state index contributed by atoms with van der Waals surface area (Å²) in [5.41, 5.74) is 8.33. The third-order valence-electron chi connectivity index (χ3n) is 5.85. The normalized spacial score (nSPS) is 16.9. The molecule has 0 aliphatic carbocycles. The molecule has 3 amide bonds. The van der Waals surface area contributed by atoms with Crippen molar-refractivity contribution in [2.75, 3.05) is 13.1 Å². The van der Waals surface area contributed by atoms with Crippen LogP contribution in [0.3, 0.4) is 0 Å². The maximum Gasteiger partial charge on any atom is 0.416 e. The SMILES string of the molecule is CC(C)(C)OC(=O)N[C@@H](C(=O)N1CCC[C@H]1C(=O)N[C@@H](CCCN=C(N)N)C(=O)O)c1cccc(C(F)(F)F)c1. The second-order valence-electron chi connectivity index (χ2n) is 10.2. The van der Waals surface area contributed by atoms with Gasteiger partial charge in [0.15, 0.2) is 5.96 Å². The predicted molar refractivity (Wildman–Crippen MR) is 138 cm³/mol. The summed E-state index contributed by atoms with van der Waals surface area (Å²) in [5, 5.41) is 14.3. The molecule has 0 saturated carbocycles. The lowest BCUT2D eigenvalue weighted by Gasteiger charge is -2.30. The number of nitrogens with two attached hydrogens (primary N) is 2. The third-order valence-corrected chi connectivity index (χ3v) is 5.85. The summed E-state index contributed by atoms with van der Waals surface area (Å²) in [6.07, 6.45) is -4.95. The van der Waals surface area contributed by atoms with Gasteiger partial charge in [0.2, 0.25) is 5.91 Å². The Labute approximate surface area is 229 Å². The molecule has 0 bridgehead atoms. The molecule has 222 valence electrons. The van der Waals surface area contributed by atoms with E-state index in [0.717, 1.165) is 23.1 Å². The summed E-state index contributed by atoms with van der Waals surface area (Å²) in [6.45, 7) is 4.93. The molecule has 0 aromatic heterocycles. The Morgan fingerprint density at radius 3 is 2.42 bits per heavy atom. The average molecular weight is 573 g/mol. The molecule has 0 spiro atoms. The summed E-state index contributed by atoms with van der Waals surface area (Å²) < 4.78 is 45.4. The molecular formula is C25H35F3N6O6. The van der Waals surface area contributed by atoms with Gasteiger partial charge in [-0.2, -0.15) is 13.2 Å². The first-order chi connectivity index (χ1) is 18.5. The van der Waals surface area contributed by atoms with Crippen LogP contribution in [-0.4, -0.2) is 70.6 Å². The number of carbonyl (C=O) groups excluding carboxylic acids is 3. The Kier molecular flexibility index (Phi) is 10.7. The van der Waals surface area contributed by atoms with Gasteiger partial charge in [0.1, 0.15) is 23.7 Å². The molecule has 1 aromatic carbocycles. The van der Waals surface area contributed by atoms with Crippen LogP contribution in [0.15, 0.2) is 29.3 Å². The van der Waals surface area contributed by atoms with Crippen molar-refractivity contribution < 1.29 is 42.2 Å². The van der Waals surface area contributed by atoms with Crippen molar-refractivity contribution in [2.45, 2.75) is 76.4 Å². The van der Waals surface area contributed by atoms with E-state index < -0.39 is 59.3 Å². The fourth-order valence-electron chi connectivity index (χ4n) is 4.11. The number of alkyl halides is 3. The molecule has 3 atom stereocenters. The van der Waals surface area contributed by atoms with E-state index in [-0.39, 0.29) is 43.9 Å². The number of aliphatic imine (C=N–C) groups is 1. The number of carboxylic acids is 1. The van der Waals surface area contributed by atoms with E-state index in [1.807, 2.05) is 0 Å². The van der Waals surface area contributed by atoms with Gasteiger partial charge < -0.3 is 36.8 Å². The van der Waals surface area contributed by atoms with Gasteiger partial charge in [0.05, 0.1) is 5.56 Å². The summed E-state index contributed by atoms with van der Waals surface area (Å²) >= 11 is 0. The summed E-state index contributed by atoms with van der Waals surface area (Å²) in [6, 6.07) is -0.105. The number of halogens is 3. The minimum Gasteiger partial charge on any atom is -0.480 e. The number of carbonyl (C=O) groups is 4. The third kappa shape index (κ3) is 9.61. The smallest absolute Gasteiger partial charge is 0.416 e. The largest absolute Gasteiger partial charge is 0.480 e. The number of hydrogen-bond acceptors (Lipinski definition) is 6. The second-order valence-corrected chi connectivity index (χ2v) is 10.2. The number of benzene rings is 1. The monoisotopic (exact) mass is 572 g/mol. The van der Waals surface area contributed by atoms with Gasteiger partial charge >= 0.3 is 18.2 Å². The molecular weight excluding hydrogens is 537 g/mol. The van der Waals surface area contributed by atoms with Crippen molar-refractivity contribution in [3.05, 3.63) is 35.4 Å².